The van der Waals surface area contributed by atoms with Gasteiger partial charge in [0.1, 0.15) is 5.82 Å². The lowest BCUT2D eigenvalue weighted by Gasteiger charge is -2.36. The van der Waals surface area contributed by atoms with Crippen LogP contribution in [0.2, 0.25) is 0 Å². The molecule has 0 radical (unpaired) electrons. The van der Waals surface area contributed by atoms with Gasteiger partial charge in [0, 0.05) is 18.3 Å². The predicted octanol–water partition coefficient (Wildman–Crippen LogP) is 3.82. The van der Waals surface area contributed by atoms with Crippen molar-refractivity contribution in [1.82, 2.24) is 0 Å². The Kier molecular flexibility index (Phi) is 3.99. The molecule has 1 N–H and O–H groups in total. The van der Waals surface area contributed by atoms with E-state index < -0.39 is 17.6 Å². The van der Waals surface area contributed by atoms with E-state index in [-0.39, 0.29) is 17.8 Å². The minimum atomic E-state index is -4.67. The number of halogens is 4. The molecule has 106 valence electrons. The number of anilines is 1. The van der Waals surface area contributed by atoms with Crippen LogP contribution in [0.15, 0.2) is 18.2 Å². The Bertz CT molecular complexity index is 441. The number of benzene rings is 1. The highest BCUT2D eigenvalue weighted by Crippen LogP contribution is 2.34. The SMILES string of the molecule is CCOC1CC(Nc2ccc(F)c(C(F)(F)F)c2)C1. The summed E-state index contributed by atoms with van der Waals surface area (Å²) in [7, 11) is 0. The van der Waals surface area contributed by atoms with Crippen LogP contribution in [0.3, 0.4) is 0 Å². The third-order valence-electron chi connectivity index (χ3n) is 3.14. The second kappa shape index (κ2) is 5.36. The molecule has 19 heavy (non-hydrogen) atoms. The fraction of sp³-hybridized carbons (Fsp3) is 0.538. The molecule has 0 heterocycles. The predicted molar refractivity (Wildman–Crippen MR) is 63.5 cm³/mol. The number of hydrogen-bond donors (Lipinski definition) is 1. The Morgan fingerprint density at radius 3 is 2.58 bits per heavy atom. The number of ether oxygens (including phenoxy) is 1. The zero-order valence-corrected chi connectivity index (χ0v) is 10.4. The average molecular weight is 277 g/mol. The minimum absolute atomic E-state index is 0.0862. The summed E-state index contributed by atoms with van der Waals surface area (Å²) >= 11 is 0. The van der Waals surface area contributed by atoms with Gasteiger partial charge in [0.05, 0.1) is 11.7 Å². The topological polar surface area (TPSA) is 21.3 Å². The van der Waals surface area contributed by atoms with Crippen LogP contribution in [0.25, 0.3) is 0 Å². The molecule has 1 aromatic carbocycles. The Hall–Kier alpha value is -1.30. The fourth-order valence-corrected chi connectivity index (χ4v) is 2.12. The first-order chi connectivity index (χ1) is 8.90. The fourth-order valence-electron chi connectivity index (χ4n) is 2.12. The Balaban J connectivity index is 1.99. The van der Waals surface area contributed by atoms with Gasteiger partial charge in [-0.25, -0.2) is 4.39 Å². The lowest BCUT2D eigenvalue weighted by atomic mass is 9.89. The number of rotatable bonds is 4. The van der Waals surface area contributed by atoms with Crippen molar-refractivity contribution in [2.75, 3.05) is 11.9 Å². The minimum Gasteiger partial charge on any atom is -0.382 e. The van der Waals surface area contributed by atoms with Gasteiger partial charge in [0.25, 0.3) is 0 Å². The maximum Gasteiger partial charge on any atom is 0.419 e. The van der Waals surface area contributed by atoms with Gasteiger partial charge in [0.15, 0.2) is 0 Å². The molecule has 6 heteroatoms. The van der Waals surface area contributed by atoms with Crippen molar-refractivity contribution < 1.29 is 22.3 Å². The van der Waals surface area contributed by atoms with Crippen molar-refractivity contribution in [2.45, 2.75) is 38.1 Å². The largest absolute Gasteiger partial charge is 0.419 e. The van der Waals surface area contributed by atoms with Crippen LogP contribution < -0.4 is 5.32 Å². The maximum atomic E-state index is 13.1. The summed E-state index contributed by atoms with van der Waals surface area (Å²) < 4.78 is 56.1. The average Bonchev–Trinajstić information content (AvgIpc) is 2.27. The molecule has 1 aliphatic rings. The van der Waals surface area contributed by atoms with E-state index in [4.69, 9.17) is 4.74 Å². The molecular weight excluding hydrogens is 262 g/mol. The number of nitrogens with one attached hydrogen (secondary N) is 1. The van der Waals surface area contributed by atoms with Gasteiger partial charge in [-0.15, -0.1) is 0 Å². The van der Waals surface area contributed by atoms with Gasteiger partial charge < -0.3 is 10.1 Å². The summed E-state index contributed by atoms with van der Waals surface area (Å²) in [6.07, 6.45) is -2.99. The van der Waals surface area contributed by atoms with E-state index in [9.17, 15) is 17.6 Å². The molecule has 0 aliphatic heterocycles. The molecule has 0 bridgehead atoms. The molecule has 1 fully saturated rings. The van der Waals surface area contributed by atoms with Crippen LogP contribution in [0.5, 0.6) is 0 Å². The molecule has 1 aliphatic carbocycles. The molecule has 0 saturated heterocycles. The van der Waals surface area contributed by atoms with Crippen molar-refractivity contribution in [3.63, 3.8) is 0 Å². The normalized spacial score (nSPS) is 23.0. The standard InChI is InChI=1S/C13H15F4NO/c1-2-19-10-5-9(6-10)18-8-3-4-12(14)11(7-8)13(15,16)17/h3-4,7,9-10,18H,2,5-6H2,1H3. The monoisotopic (exact) mass is 277 g/mol. The van der Waals surface area contributed by atoms with Crippen molar-refractivity contribution >= 4 is 5.69 Å². The lowest BCUT2D eigenvalue weighted by Crippen LogP contribution is -2.40. The summed E-state index contributed by atoms with van der Waals surface area (Å²) in [5, 5.41) is 2.96. The van der Waals surface area contributed by atoms with E-state index in [1.165, 1.54) is 6.07 Å². The first-order valence-corrected chi connectivity index (χ1v) is 6.15. The summed E-state index contributed by atoms with van der Waals surface area (Å²) in [6.45, 7) is 2.53. The second-order valence-corrected chi connectivity index (χ2v) is 4.58. The van der Waals surface area contributed by atoms with Gasteiger partial charge in [-0.1, -0.05) is 0 Å². The highest BCUT2D eigenvalue weighted by atomic mass is 19.4. The van der Waals surface area contributed by atoms with E-state index in [1.54, 1.807) is 0 Å². The molecule has 0 unspecified atom stereocenters. The number of hydrogen-bond acceptors (Lipinski definition) is 2. The molecule has 0 atom stereocenters. The van der Waals surface area contributed by atoms with Gasteiger partial charge in [-0.2, -0.15) is 13.2 Å². The van der Waals surface area contributed by atoms with Crippen molar-refractivity contribution in [1.29, 1.82) is 0 Å². The third-order valence-corrected chi connectivity index (χ3v) is 3.14. The van der Waals surface area contributed by atoms with E-state index in [1.807, 2.05) is 6.92 Å². The second-order valence-electron chi connectivity index (χ2n) is 4.58. The van der Waals surface area contributed by atoms with Gasteiger partial charge in [-0.05, 0) is 38.0 Å². The van der Waals surface area contributed by atoms with Crippen molar-refractivity contribution in [3.05, 3.63) is 29.6 Å². The van der Waals surface area contributed by atoms with Crippen LogP contribution in [-0.4, -0.2) is 18.8 Å². The molecule has 1 aromatic rings. The van der Waals surface area contributed by atoms with Crippen molar-refractivity contribution in [2.24, 2.45) is 0 Å². The molecule has 0 spiro atoms. The first-order valence-electron chi connectivity index (χ1n) is 6.15. The molecule has 1 saturated carbocycles. The van der Waals surface area contributed by atoms with E-state index in [2.05, 4.69) is 5.32 Å². The highest BCUT2D eigenvalue weighted by molar-refractivity contribution is 5.48. The summed E-state index contributed by atoms with van der Waals surface area (Å²) in [5.41, 5.74) is -0.952. The summed E-state index contributed by atoms with van der Waals surface area (Å²) in [4.78, 5) is 0. The Labute approximate surface area is 108 Å². The Morgan fingerprint density at radius 1 is 1.32 bits per heavy atom. The first kappa shape index (κ1) is 14.1. The highest BCUT2D eigenvalue weighted by Gasteiger charge is 2.35. The molecular formula is C13H15F4NO. The summed E-state index contributed by atoms with van der Waals surface area (Å²) in [5.74, 6) is -1.25. The van der Waals surface area contributed by atoms with Gasteiger partial charge in [-0.3, -0.25) is 0 Å². The Morgan fingerprint density at radius 2 is 2.00 bits per heavy atom. The smallest absolute Gasteiger partial charge is 0.382 e. The zero-order valence-electron chi connectivity index (χ0n) is 10.4. The molecule has 2 nitrogen and oxygen atoms in total. The van der Waals surface area contributed by atoms with Crippen LogP contribution in [-0.2, 0) is 10.9 Å². The van der Waals surface area contributed by atoms with E-state index >= 15 is 0 Å². The maximum absolute atomic E-state index is 13.1. The van der Waals surface area contributed by atoms with Gasteiger partial charge >= 0.3 is 6.18 Å². The quantitative estimate of drug-likeness (QED) is 0.845. The molecule has 0 aromatic heterocycles. The summed E-state index contributed by atoms with van der Waals surface area (Å²) in [6, 6.07) is 3.05. The molecule has 0 amide bonds. The van der Waals surface area contributed by atoms with Crippen LogP contribution >= 0.6 is 0 Å². The third kappa shape index (κ3) is 3.37. The van der Waals surface area contributed by atoms with Crippen molar-refractivity contribution in [3.8, 4) is 0 Å². The van der Waals surface area contributed by atoms with Crippen LogP contribution in [0, 0.1) is 5.82 Å². The number of alkyl halides is 3. The van der Waals surface area contributed by atoms with E-state index in [0.717, 1.165) is 25.0 Å². The zero-order chi connectivity index (χ0) is 14.0. The molecule has 2 rings (SSSR count). The van der Waals surface area contributed by atoms with Crippen LogP contribution in [0.1, 0.15) is 25.3 Å². The van der Waals surface area contributed by atoms with E-state index in [0.29, 0.717) is 6.61 Å². The lowest BCUT2D eigenvalue weighted by molar-refractivity contribution is -0.139. The van der Waals surface area contributed by atoms with Gasteiger partial charge in [0.2, 0.25) is 0 Å². The van der Waals surface area contributed by atoms with Crippen LogP contribution in [0.4, 0.5) is 23.2 Å².